The summed E-state index contributed by atoms with van der Waals surface area (Å²) in [5.41, 5.74) is 1.98. The molecule has 3 aromatic rings. The number of sulfone groups is 1. The number of alkyl halides is 2. The summed E-state index contributed by atoms with van der Waals surface area (Å²) < 4.78 is 55.7. The zero-order chi connectivity index (χ0) is 25.2. The van der Waals surface area contributed by atoms with Crippen LogP contribution in [0.4, 0.5) is 26.1 Å². The lowest BCUT2D eigenvalue weighted by atomic mass is 10.0. The minimum absolute atomic E-state index is 0.0144. The number of anilines is 3. The normalized spacial score (nSPS) is 13.9. The molecule has 1 aliphatic heterocycles. The second-order valence-corrected chi connectivity index (χ2v) is 11.0. The Morgan fingerprint density at radius 1 is 1.20 bits per heavy atom. The van der Waals surface area contributed by atoms with E-state index in [0.29, 0.717) is 47.6 Å². The van der Waals surface area contributed by atoms with E-state index in [0.717, 1.165) is 18.7 Å². The van der Waals surface area contributed by atoms with Gasteiger partial charge in [-0.3, -0.25) is 0 Å². The third-order valence-electron chi connectivity index (χ3n) is 5.42. The summed E-state index contributed by atoms with van der Waals surface area (Å²) in [5, 5.41) is 3.68. The molecule has 0 spiro atoms. The first-order valence-corrected chi connectivity index (χ1v) is 13.2. The maximum Gasteiger partial charge on any atom is 0.318 e. The summed E-state index contributed by atoms with van der Waals surface area (Å²) in [6, 6.07) is 9.33. The van der Waals surface area contributed by atoms with Crippen molar-refractivity contribution in [2.45, 2.75) is 25.8 Å². The van der Waals surface area contributed by atoms with Gasteiger partial charge >= 0.3 is 6.01 Å². The van der Waals surface area contributed by atoms with Crippen molar-refractivity contribution >= 4 is 38.8 Å². The highest BCUT2D eigenvalue weighted by molar-refractivity contribution is 7.90. The molecule has 0 unspecified atom stereocenters. The summed E-state index contributed by atoms with van der Waals surface area (Å²) in [6.45, 7) is 1.73. The van der Waals surface area contributed by atoms with Crippen LogP contribution in [0.3, 0.4) is 0 Å². The first kappa shape index (κ1) is 25.1. The van der Waals surface area contributed by atoms with Gasteiger partial charge in [0, 0.05) is 42.7 Å². The van der Waals surface area contributed by atoms with Crippen LogP contribution in [-0.2, 0) is 28.7 Å². The van der Waals surface area contributed by atoms with E-state index in [1.807, 2.05) is 4.90 Å². The molecular weight excluding hydrogens is 500 g/mol. The number of benzene rings is 1. The van der Waals surface area contributed by atoms with Gasteiger partial charge < -0.3 is 15.0 Å². The minimum atomic E-state index is -3.22. The minimum Gasteiger partial charge on any atom is -0.462 e. The molecule has 0 fully saturated rings. The molecule has 4 rings (SSSR count). The van der Waals surface area contributed by atoms with Crippen LogP contribution in [0, 0.1) is 0 Å². The second kappa shape index (κ2) is 9.90. The SMILES string of the molecule is CC(F)(F)c1ccc(Nc2nc(OCCS(C)(=O)=O)nc3c2CCN(c2ncccc2Cl)C3)cc1. The van der Waals surface area contributed by atoms with Crippen LogP contribution in [0.2, 0.25) is 5.02 Å². The van der Waals surface area contributed by atoms with Gasteiger partial charge in [0.1, 0.15) is 18.2 Å². The van der Waals surface area contributed by atoms with Crippen molar-refractivity contribution in [3.63, 3.8) is 0 Å². The average molecular weight is 524 g/mol. The molecule has 1 aromatic carbocycles. The van der Waals surface area contributed by atoms with Gasteiger partial charge in [0.15, 0.2) is 9.84 Å². The average Bonchev–Trinajstić information content (AvgIpc) is 2.78. The molecule has 12 heteroatoms. The van der Waals surface area contributed by atoms with Crippen molar-refractivity contribution in [3.05, 3.63) is 64.4 Å². The zero-order valence-electron chi connectivity index (χ0n) is 19.1. The van der Waals surface area contributed by atoms with Crippen LogP contribution in [0.25, 0.3) is 0 Å². The fourth-order valence-electron chi connectivity index (χ4n) is 3.63. The molecule has 0 amide bonds. The Morgan fingerprint density at radius 2 is 1.94 bits per heavy atom. The number of hydrogen-bond donors (Lipinski definition) is 1. The number of halogens is 3. The lowest BCUT2D eigenvalue weighted by Gasteiger charge is -2.30. The maximum absolute atomic E-state index is 13.6. The van der Waals surface area contributed by atoms with Crippen molar-refractivity contribution < 1.29 is 21.9 Å². The first-order valence-electron chi connectivity index (χ1n) is 10.8. The zero-order valence-corrected chi connectivity index (χ0v) is 20.7. The van der Waals surface area contributed by atoms with Crippen LogP contribution < -0.4 is 15.0 Å². The Bertz CT molecular complexity index is 1320. The molecule has 0 bridgehead atoms. The number of pyridine rings is 1. The van der Waals surface area contributed by atoms with Gasteiger partial charge in [0.05, 0.1) is 23.0 Å². The summed E-state index contributed by atoms with van der Waals surface area (Å²) in [5.74, 6) is -2.03. The second-order valence-electron chi connectivity index (χ2n) is 8.33. The fourth-order valence-corrected chi connectivity index (χ4v) is 4.26. The van der Waals surface area contributed by atoms with Crippen molar-refractivity contribution in [2.75, 3.05) is 35.4 Å². The Kier molecular flexibility index (Phi) is 7.09. The number of rotatable bonds is 8. The van der Waals surface area contributed by atoms with Gasteiger partial charge in [0.25, 0.3) is 5.92 Å². The van der Waals surface area contributed by atoms with E-state index < -0.39 is 15.8 Å². The highest BCUT2D eigenvalue weighted by Gasteiger charge is 2.26. The van der Waals surface area contributed by atoms with Crippen molar-refractivity contribution in [1.29, 1.82) is 0 Å². The van der Waals surface area contributed by atoms with Crippen LogP contribution in [-0.4, -0.2) is 48.5 Å². The molecule has 1 aliphatic rings. The quantitative estimate of drug-likeness (QED) is 0.465. The third-order valence-corrected chi connectivity index (χ3v) is 6.63. The number of fused-ring (bicyclic) bond motifs is 1. The molecule has 0 saturated heterocycles. The topological polar surface area (TPSA) is 97.3 Å². The van der Waals surface area contributed by atoms with Crippen LogP contribution >= 0.6 is 11.6 Å². The highest BCUT2D eigenvalue weighted by atomic mass is 35.5. The Labute approximate surface area is 207 Å². The highest BCUT2D eigenvalue weighted by Crippen LogP contribution is 2.33. The van der Waals surface area contributed by atoms with E-state index in [2.05, 4.69) is 20.3 Å². The predicted octanol–water partition coefficient (Wildman–Crippen LogP) is 4.37. The van der Waals surface area contributed by atoms with Crippen molar-refractivity contribution in [3.8, 4) is 6.01 Å². The Morgan fingerprint density at radius 3 is 2.60 bits per heavy atom. The van der Waals surface area contributed by atoms with E-state index in [9.17, 15) is 17.2 Å². The Hall–Kier alpha value is -3.05. The van der Waals surface area contributed by atoms with Crippen molar-refractivity contribution in [2.24, 2.45) is 0 Å². The molecule has 0 atom stereocenters. The fraction of sp³-hybridized carbons (Fsp3) is 0.348. The van der Waals surface area contributed by atoms with Gasteiger partial charge in [-0.05, 0) is 30.7 Å². The smallest absolute Gasteiger partial charge is 0.318 e. The van der Waals surface area contributed by atoms with E-state index >= 15 is 0 Å². The van der Waals surface area contributed by atoms with E-state index in [1.165, 1.54) is 12.1 Å². The van der Waals surface area contributed by atoms with Gasteiger partial charge in [-0.15, -0.1) is 0 Å². The van der Waals surface area contributed by atoms with Crippen LogP contribution in [0.1, 0.15) is 23.7 Å². The monoisotopic (exact) mass is 523 g/mol. The molecule has 0 radical (unpaired) electrons. The number of aromatic nitrogens is 3. The molecule has 186 valence electrons. The van der Waals surface area contributed by atoms with Crippen LogP contribution in [0.15, 0.2) is 42.6 Å². The molecule has 3 heterocycles. The number of hydrogen-bond acceptors (Lipinski definition) is 8. The predicted molar refractivity (Wildman–Crippen MR) is 131 cm³/mol. The van der Waals surface area contributed by atoms with Crippen LogP contribution in [0.5, 0.6) is 6.01 Å². The molecule has 2 aromatic heterocycles. The number of ether oxygens (including phenoxy) is 1. The molecule has 35 heavy (non-hydrogen) atoms. The molecule has 8 nitrogen and oxygen atoms in total. The van der Waals surface area contributed by atoms with Gasteiger partial charge in [0.2, 0.25) is 0 Å². The summed E-state index contributed by atoms with van der Waals surface area (Å²) in [6.07, 6.45) is 3.35. The number of nitrogens with one attached hydrogen (secondary N) is 1. The van der Waals surface area contributed by atoms with E-state index in [-0.39, 0.29) is 23.9 Å². The van der Waals surface area contributed by atoms with E-state index in [1.54, 1.807) is 30.5 Å². The molecule has 1 N–H and O–H groups in total. The molecule has 0 aliphatic carbocycles. The largest absolute Gasteiger partial charge is 0.462 e. The lowest BCUT2D eigenvalue weighted by molar-refractivity contribution is 0.0175. The summed E-state index contributed by atoms with van der Waals surface area (Å²) in [4.78, 5) is 15.3. The maximum atomic E-state index is 13.6. The molecular formula is C23H24ClF2N5O3S. The van der Waals surface area contributed by atoms with Gasteiger partial charge in [-0.25, -0.2) is 22.2 Å². The molecule has 0 saturated carbocycles. The third kappa shape index (κ3) is 6.34. The summed E-state index contributed by atoms with van der Waals surface area (Å²) in [7, 11) is -3.22. The van der Waals surface area contributed by atoms with Gasteiger partial charge in [-0.2, -0.15) is 9.97 Å². The standard InChI is InChI=1S/C23H24ClF2N5O3S/c1-23(25,26)15-5-7-16(8-6-15)28-20-17-9-11-31(21-18(24)4-3-10-27-21)14-19(17)29-22(30-20)34-12-13-35(2,32)33/h3-8,10H,9,11-14H2,1-2H3,(H,28,29,30). The van der Waals surface area contributed by atoms with Gasteiger partial charge in [-0.1, -0.05) is 23.7 Å². The first-order chi connectivity index (χ1) is 16.5. The van der Waals surface area contributed by atoms with Crippen molar-refractivity contribution in [1.82, 2.24) is 15.0 Å². The summed E-state index contributed by atoms with van der Waals surface area (Å²) >= 11 is 6.33. The van der Waals surface area contributed by atoms with E-state index in [4.69, 9.17) is 16.3 Å². The lowest BCUT2D eigenvalue weighted by Crippen LogP contribution is -2.33. The number of nitrogens with zero attached hydrogens (tertiary/aromatic N) is 4. The Balaban J connectivity index is 1.64.